The molecule has 3 rings (SSSR count). The fraction of sp³-hybridized carbons (Fsp3) is 0.133. The molecule has 1 amide bonds. The molecule has 124 valence electrons. The number of halogens is 1. The zero-order chi connectivity index (χ0) is 17.1. The van der Waals surface area contributed by atoms with Crippen molar-refractivity contribution in [3.8, 4) is 11.5 Å². The first-order valence-corrected chi connectivity index (χ1v) is 8.14. The molecule has 0 unspecified atom stereocenters. The lowest BCUT2D eigenvalue weighted by molar-refractivity contribution is -0.387. The molecule has 0 spiro atoms. The largest absolute Gasteiger partial charge is 0.454 e. The third-order valence-corrected chi connectivity index (χ3v) is 4.52. The first-order valence-electron chi connectivity index (χ1n) is 6.79. The molecule has 0 aliphatic carbocycles. The highest BCUT2D eigenvalue weighted by Crippen LogP contribution is 2.45. The van der Waals surface area contributed by atoms with Gasteiger partial charge in [-0.3, -0.25) is 14.9 Å². The Labute approximate surface area is 146 Å². The molecule has 7 nitrogen and oxygen atoms in total. The third-order valence-electron chi connectivity index (χ3n) is 3.15. The number of anilines is 1. The van der Waals surface area contributed by atoms with E-state index in [-0.39, 0.29) is 24.3 Å². The number of nitrogens with zero attached hydrogens (tertiary/aromatic N) is 1. The molecular weight excluding hydrogens is 356 g/mol. The number of carbonyl (C=O) groups excluding carboxylic acids is 1. The van der Waals surface area contributed by atoms with Crippen molar-refractivity contribution >= 4 is 40.6 Å². The number of benzene rings is 2. The van der Waals surface area contributed by atoms with Gasteiger partial charge in [0.1, 0.15) is 5.88 Å². The maximum atomic E-state index is 11.5. The Morgan fingerprint density at radius 3 is 2.67 bits per heavy atom. The Bertz CT molecular complexity index is 814. The fourth-order valence-corrected chi connectivity index (χ4v) is 3.18. The van der Waals surface area contributed by atoms with Gasteiger partial charge in [-0.05, 0) is 12.1 Å². The van der Waals surface area contributed by atoms with Crippen LogP contribution < -0.4 is 14.8 Å². The van der Waals surface area contributed by atoms with Crippen LogP contribution in [0.4, 0.5) is 11.4 Å². The first kappa shape index (κ1) is 16.4. The van der Waals surface area contributed by atoms with E-state index in [0.29, 0.717) is 27.0 Å². The van der Waals surface area contributed by atoms with Gasteiger partial charge in [-0.2, -0.15) is 0 Å². The van der Waals surface area contributed by atoms with E-state index in [1.54, 1.807) is 30.3 Å². The Morgan fingerprint density at radius 2 is 1.96 bits per heavy atom. The van der Waals surface area contributed by atoms with Crippen molar-refractivity contribution in [2.75, 3.05) is 18.0 Å². The van der Waals surface area contributed by atoms with Crippen molar-refractivity contribution in [1.82, 2.24) is 0 Å². The van der Waals surface area contributed by atoms with E-state index in [0.717, 1.165) is 11.8 Å². The number of para-hydroxylation sites is 1. The Kier molecular flexibility index (Phi) is 4.77. The van der Waals surface area contributed by atoms with Crippen LogP contribution in [0.3, 0.4) is 0 Å². The van der Waals surface area contributed by atoms with E-state index in [9.17, 15) is 14.9 Å². The van der Waals surface area contributed by atoms with Crippen molar-refractivity contribution in [2.24, 2.45) is 0 Å². The average molecular weight is 367 g/mol. The SMILES string of the molecule is O=C(CCl)Nc1ccccc1Sc1cc2c(cc1[N+](=O)[O-])OCO2. The van der Waals surface area contributed by atoms with Gasteiger partial charge in [-0.25, -0.2) is 0 Å². The number of carbonyl (C=O) groups is 1. The lowest BCUT2D eigenvalue weighted by Crippen LogP contribution is -2.13. The summed E-state index contributed by atoms with van der Waals surface area (Å²) in [5, 5.41) is 14.0. The van der Waals surface area contributed by atoms with E-state index < -0.39 is 4.92 Å². The van der Waals surface area contributed by atoms with Gasteiger partial charge in [0.25, 0.3) is 5.69 Å². The van der Waals surface area contributed by atoms with Crippen LogP contribution in [-0.4, -0.2) is 23.5 Å². The average Bonchev–Trinajstić information content (AvgIpc) is 3.03. The molecule has 2 aromatic rings. The lowest BCUT2D eigenvalue weighted by Gasteiger charge is -2.10. The van der Waals surface area contributed by atoms with Crippen molar-refractivity contribution < 1.29 is 19.2 Å². The van der Waals surface area contributed by atoms with Crippen LogP contribution in [-0.2, 0) is 4.79 Å². The van der Waals surface area contributed by atoms with Crippen molar-refractivity contribution in [3.05, 3.63) is 46.5 Å². The van der Waals surface area contributed by atoms with Crippen molar-refractivity contribution in [2.45, 2.75) is 9.79 Å². The lowest BCUT2D eigenvalue weighted by atomic mass is 10.3. The Hall–Kier alpha value is -2.45. The molecular formula is C15H11ClN2O5S. The van der Waals surface area contributed by atoms with Gasteiger partial charge < -0.3 is 14.8 Å². The van der Waals surface area contributed by atoms with Crippen LogP contribution in [0.5, 0.6) is 11.5 Å². The highest BCUT2D eigenvalue weighted by Gasteiger charge is 2.24. The third kappa shape index (κ3) is 3.39. The monoisotopic (exact) mass is 366 g/mol. The molecule has 0 fully saturated rings. The number of nitro groups is 1. The Morgan fingerprint density at radius 1 is 1.25 bits per heavy atom. The fourth-order valence-electron chi connectivity index (χ4n) is 2.10. The molecule has 0 radical (unpaired) electrons. The molecule has 0 saturated heterocycles. The standard InChI is InChI=1S/C15H11ClN2O5S/c16-7-15(19)17-9-3-1-2-4-13(9)24-14-6-12-11(22-8-23-12)5-10(14)18(20)21/h1-6H,7-8H2,(H,17,19). The van der Waals surface area contributed by atoms with Crippen molar-refractivity contribution in [3.63, 3.8) is 0 Å². The minimum Gasteiger partial charge on any atom is -0.454 e. The van der Waals surface area contributed by atoms with E-state index in [1.165, 1.54) is 6.07 Å². The maximum Gasteiger partial charge on any atom is 0.287 e. The molecule has 1 aliphatic heterocycles. The summed E-state index contributed by atoms with van der Waals surface area (Å²) in [6.07, 6.45) is 0. The minimum atomic E-state index is -0.482. The highest BCUT2D eigenvalue weighted by molar-refractivity contribution is 7.99. The van der Waals surface area contributed by atoms with E-state index in [4.69, 9.17) is 21.1 Å². The topological polar surface area (TPSA) is 90.7 Å². The molecule has 0 bridgehead atoms. The second-order valence-corrected chi connectivity index (χ2v) is 6.06. The molecule has 9 heteroatoms. The molecule has 1 aliphatic rings. The summed E-state index contributed by atoms with van der Waals surface area (Å²) in [5.74, 6) is 0.258. The van der Waals surface area contributed by atoms with Crippen LogP contribution >= 0.6 is 23.4 Å². The van der Waals surface area contributed by atoms with Gasteiger partial charge in [0.2, 0.25) is 12.7 Å². The number of hydrogen-bond acceptors (Lipinski definition) is 6. The number of amides is 1. The predicted octanol–water partition coefficient (Wildman–Crippen LogP) is 3.65. The van der Waals surface area contributed by atoms with E-state index >= 15 is 0 Å². The zero-order valence-corrected chi connectivity index (χ0v) is 13.7. The number of rotatable bonds is 5. The van der Waals surface area contributed by atoms with Crippen LogP contribution in [0.2, 0.25) is 0 Å². The summed E-state index contributed by atoms with van der Waals surface area (Å²) in [4.78, 5) is 23.4. The van der Waals surface area contributed by atoms with Gasteiger partial charge >= 0.3 is 0 Å². The summed E-state index contributed by atoms with van der Waals surface area (Å²) in [7, 11) is 0. The maximum absolute atomic E-state index is 11.5. The molecule has 2 aromatic carbocycles. The summed E-state index contributed by atoms with van der Waals surface area (Å²) >= 11 is 6.66. The number of hydrogen-bond donors (Lipinski definition) is 1. The van der Waals surface area contributed by atoms with Gasteiger partial charge in [0, 0.05) is 11.0 Å². The number of nitro benzene ring substituents is 1. The second-order valence-electron chi connectivity index (χ2n) is 4.71. The quantitative estimate of drug-likeness (QED) is 0.493. The Balaban J connectivity index is 1.97. The summed E-state index contributed by atoms with van der Waals surface area (Å²) in [5.41, 5.74) is 0.433. The van der Waals surface area contributed by atoms with E-state index in [1.807, 2.05) is 0 Å². The summed E-state index contributed by atoms with van der Waals surface area (Å²) in [6.45, 7) is 0.0307. The minimum absolute atomic E-state index is 0.0307. The van der Waals surface area contributed by atoms with Crippen molar-refractivity contribution in [1.29, 1.82) is 0 Å². The predicted molar refractivity (Wildman–Crippen MR) is 89.1 cm³/mol. The molecule has 0 saturated carbocycles. The molecule has 0 aromatic heterocycles. The van der Waals surface area contributed by atoms with Gasteiger partial charge in [-0.1, -0.05) is 23.9 Å². The summed E-state index contributed by atoms with van der Waals surface area (Å²) in [6, 6.07) is 9.88. The summed E-state index contributed by atoms with van der Waals surface area (Å²) < 4.78 is 10.5. The number of ether oxygens (including phenoxy) is 2. The molecule has 1 N–H and O–H groups in total. The van der Waals surface area contributed by atoms with Gasteiger partial charge in [0.15, 0.2) is 11.5 Å². The molecule has 0 atom stereocenters. The van der Waals surface area contributed by atoms with Crippen LogP contribution in [0.25, 0.3) is 0 Å². The van der Waals surface area contributed by atoms with Crippen LogP contribution in [0.1, 0.15) is 0 Å². The number of alkyl halides is 1. The zero-order valence-electron chi connectivity index (χ0n) is 12.2. The molecule has 24 heavy (non-hydrogen) atoms. The van der Waals surface area contributed by atoms with Crippen LogP contribution in [0, 0.1) is 10.1 Å². The van der Waals surface area contributed by atoms with Gasteiger partial charge in [0.05, 0.1) is 21.6 Å². The normalized spacial score (nSPS) is 12.0. The molecule has 1 heterocycles. The van der Waals surface area contributed by atoms with Crippen LogP contribution in [0.15, 0.2) is 46.2 Å². The first-order chi connectivity index (χ1) is 11.6. The smallest absolute Gasteiger partial charge is 0.287 e. The second kappa shape index (κ2) is 6.98. The van der Waals surface area contributed by atoms with E-state index in [2.05, 4.69) is 5.32 Å². The highest BCUT2D eigenvalue weighted by atomic mass is 35.5. The number of nitrogens with one attached hydrogen (secondary N) is 1. The number of fused-ring (bicyclic) bond motifs is 1. The van der Waals surface area contributed by atoms with Gasteiger partial charge in [-0.15, -0.1) is 11.6 Å².